The molecule has 0 aliphatic carbocycles. The average molecular weight is 365 g/mol. The third kappa shape index (κ3) is 3.23. The molecule has 0 unspecified atom stereocenters. The van der Waals surface area contributed by atoms with Crippen LogP contribution in [0.4, 0.5) is 4.39 Å². The van der Waals surface area contributed by atoms with Gasteiger partial charge in [-0.3, -0.25) is 4.79 Å². The summed E-state index contributed by atoms with van der Waals surface area (Å²) < 4.78 is 16.0. The van der Waals surface area contributed by atoms with Crippen LogP contribution < -0.4 is 0 Å². The fraction of sp³-hybridized carbons (Fsp3) is 0.100. The lowest BCUT2D eigenvalue weighted by atomic mass is 10.2. The Labute approximate surface area is 154 Å². The zero-order valence-electron chi connectivity index (χ0n) is 14.1. The second-order valence-corrected chi connectivity index (χ2v) is 7.17. The Morgan fingerprint density at radius 3 is 2.81 bits per heavy atom. The maximum Gasteiger partial charge on any atom is 0.264 e. The second kappa shape index (κ2) is 6.72. The van der Waals surface area contributed by atoms with Crippen LogP contribution in [0.2, 0.25) is 0 Å². The van der Waals surface area contributed by atoms with Crippen molar-refractivity contribution in [1.82, 2.24) is 14.7 Å². The van der Waals surface area contributed by atoms with Gasteiger partial charge in [0.05, 0.1) is 16.8 Å². The van der Waals surface area contributed by atoms with E-state index in [1.54, 1.807) is 35.0 Å². The first-order chi connectivity index (χ1) is 12.6. The molecule has 1 amide bonds. The fourth-order valence-corrected chi connectivity index (χ4v) is 3.85. The van der Waals surface area contributed by atoms with Crippen molar-refractivity contribution in [2.24, 2.45) is 0 Å². The molecular formula is C20H16FN3OS. The number of para-hydroxylation sites is 1. The molecule has 0 spiro atoms. The van der Waals surface area contributed by atoms with Crippen molar-refractivity contribution in [3.8, 4) is 5.69 Å². The van der Waals surface area contributed by atoms with Crippen molar-refractivity contribution in [3.05, 3.63) is 83.2 Å². The number of hydrogen-bond donors (Lipinski definition) is 0. The predicted molar refractivity (Wildman–Crippen MR) is 101 cm³/mol. The van der Waals surface area contributed by atoms with Gasteiger partial charge in [0.25, 0.3) is 5.91 Å². The molecule has 0 bridgehead atoms. The van der Waals surface area contributed by atoms with Crippen LogP contribution in [0.3, 0.4) is 0 Å². The molecule has 0 N–H and O–H groups in total. The first-order valence-corrected chi connectivity index (χ1v) is 8.95. The summed E-state index contributed by atoms with van der Waals surface area (Å²) in [6, 6.07) is 16.1. The number of carbonyl (C=O) groups excluding carboxylic acids is 1. The molecule has 4 nitrogen and oxygen atoms in total. The van der Waals surface area contributed by atoms with Gasteiger partial charge in [0.2, 0.25) is 0 Å². The Hall–Kier alpha value is -2.99. The first-order valence-electron chi connectivity index (χ1n) is 8.14. The summed E-state index contributed by atoms with van der Waals surface area (Å²) in [5.41, 5.74) is 1.91. The van der Waals surface area contributed by atoms with Gasteiger partial charge in [-0.15, -0.1) is 11.3 Å². The predicted octanol–water partition coefficient (Wildman–Crippen LogP) is 4.50. The van der Waals surface area contributed by atoms with Gasteiger partial charge in [-0.2, -0.15) is 5.10 Å². The van der Waals surface area contributed by atoms with Crippen LogP contribution in [0.15, 0.2) is 67.0 Å². The van der Waals surface area contributed by atoms with Crippen molar-refractivity contribution >= 4 is 27.3 Å². The number of aromatic nitrogens is 2. The minimum atomic E-state index is -0.295. The Balaban J connectivity index is 1.51. The third-order valence-corrected chi connectivity index (χ3v) is 5.22. The fourth-order valence-electron chi connectivity index (χ4n) is 2.82. The van der Waals surface area contributed by atoms with Gasteiger partial charge in [-0.05, 0) is 41.8 Å². The van der Waals surface area contributed by atoms with Gasteiger partial charge in [-0.25, -0.2) is 9.07 Å². The highest BCUT2D eigenvalue weighted by Gasteiger charge is 2.16. The number of amides is 1. The number of benzene rings is 2. The molecule has 0 saturated heterocycles. The van der Waals surface area contributed by atoms with E-state index in [0.29, 0.717) is 11.4 Å². The molecule has 26 heavy (non-hydrogen) atoms. The van der Waals surface area contributed by atoms with E-state index in [1.165, 1.54) is 23.5 Å². The van der Waals surface area contributed by atoms with Gasteiger partial charge in [0, 0.05) is 30.1 Å². The Bertz CT molecular complexity index is 1070. The van der Waals surface area contributed by atoms with Crippen LogP contribution in [0.25, 0.3) is 15.8 Å². The lowest BCUT2D eigenvalue weighted by molar-refractivity contribution is 0.0790. The summed E-state index contributed by atoms with van der Waals surface area (Å²) in [4.78, 5) is 14.9. The monoisotopic (exact) mass is 365 g/mol. The van der Waals surface area contributed by atoms with Crippen LogP contribution in [0, 0.1) is 5.82 Å². The molecule has 0 aliphatic rings. The van der Waals surface area contributed by atoms with E-state index < -0.39 is 0 Å². The lowest BCUT2D eigenvalue weighted by Crippen LogP contribution is -2.25. The van der Waals surface area contributed by atoms with E-state index in [9.17, 15) is 9.18 Å². The van der Waals surface area contributed by atoms with E-state index in [1.807, 2.05) is 36.5 Å². The summed E-state index contributed by atoms with van der Waals surface area (Å²) >= 11 is 1.38. The lowest BCUT2D eigenvalue weighted by Gasteiger charge is -2.14. The molecule has 6 heteroatoms. The molecular weight excluding hydrogens is 349 g/mol. The highest BCUT2D eigenvalue weighted by molar-refractivity contribution is 7.20. The highest BCUT2D eigenvalue weighted by Crippen LogP contribution is 2.27. The molecule has 130 valence electrons. The zero-order valence-corrected chi connectivity index (χ0v) is 14.9. The van der Waals surface area contributed by atoms with E-state index >= 15 is 0 Å². The maximum absolute atomic E-state index is 13.3. The molecule has 0 radical (unpaired) electrons. The molecule has 2 aromatic carbocycles. The van der Waals surface area contributed by atoms with Gasteiger partial charge < -0.3 is 4.90 Å². The highest BCUT2D eigenvalue weighted by atomic mass is 32.1. The summed E-state index contributed by atoms with van der Waals surface area (Å²) in [6.07, 6.45) is 3.68. The van der Waals surface area contributed by atoms with E-state index in [-0.39, 0.29) is 11.7 Å². The summed E-state index contributed by atoms with van der Waals surface area (Å²) in [7, 11) is 1.76. The quantitative estimate of drug-likeness (QED) is 0.534. The SMILES string of the molecule is CN(Cc1cnn(-c2ccccc2)c1)C(=O)c1cc2cc(F)ccc2s1. The molecule has 0 fully saturated rings. The van der Waals surface area contributed by atoms with Gasteiger partial charge in [0.1, 0.15) is 5.82 Å². The van der Waals surface area contributed by atoms with E-state index in [2.05, 4.69) is 5.10 Å². The number of thiophene rings is 1. The van der Waals surface area contributed by atoms with Crippen LogP contribution in [-0.4, -0.2) is 27.6 Å². The molecule has 0 aliphatic heterocycles. The van der Waals surface area contributed by atoms with Crippen molar-refractivity contribution in [1.29, 1.82) is 0 Å². The number of hydrogen-bond acceptors (Lipinski definition) is 3. The largest absolute Gasteiger partial charge is 0.337 e. The van der Waals surface area contributed by atoms with Crippen LogP contribution in [0.5, 0.6) is 0 Å². The Morgan fingerprint density at radius 2 is 2.00 bits per heavy atom. The van der Waals surface area contributed by atoms with Crippen molar-refractivity contribution in [2.45, 2.75) is 6.54 Å². The number of rotatable bonds is 4. The standard InChI is InChI=1S/C20H16FN3OS/c1-23(12-14-11-22-24(13-14)17-5-3-2-4-6-17)20(25)19-10-15-9-16(21)7-8-18(15)26-19/h2-11,13H,12H2,1H3. The zero-order chi connectivity index (χ0) is 18.1. The maximum atomic E-state index is 13.3. The van der Waals surface area contributed by atoms with Crippen molar-refractivity contribution < 1.29 is 9.18 Å². The average Bonchev–Trinajstić information content (AvgIpc) is 3.28. The number of nitrogens with zero attached hydrogens (tertiary/aromatic N) is 3. The van der Waals surface area contributed by atoms with Crippen molar-refractivity contribution in [2.75, 3.05) is 7.05 Å². The van der Waals surface area contributed by atoms with Crippen LogP contribution in [-0.2, 0) is 6.54 Å². The summed E-state index contributed by atoms with van der Waals surface area (Å²) in [5, 5.41) is 5.11. The van der Waals surface area contributed by atoms with Crippen LogP contribution in [0.1, 0.15) is 15.2 Å². The third-order valence-electron chi connectivity index (χ3n) is 4.11. The Morgan fingerprint density at radius 1 is 1.19 bits per heavy atom. The van der Waals surface area contributed by atoms with Crippen molar-refractivity contribution in [3.63, 3.8) is 0 Å². The Kier molecular flexibility index (Phi) is 4.26. The first kappa shape index (κ1) is 16.5. The van der Waals surface area contributed by atoms with Gasteiger partial charge in [-0.1, -0.05) is 18.2 Å². The normalized spacial score (nSPS) is 11.0. The molecule has 2 heterocycles. The molecule has 0 saturated carbocycles. The van der Waals surface area contributed by atoms with E-state index in [4.69, 9.17) is 0 Å². The molecule has 0 atom stereocenters. The van der Waals surface area contributed by atoms with Gasteiger partial charge >= 0.3 is 0 Å². The summed E-state index contributed by atoms with van der Waals surface area (Å²) in [6.45, 7) is 0.453. The number of fused-ring (bicyclic) bond motifs is 1. The second-order valence-electron chi connectivity index (χ2n) is 6.08. The number of halogens is 1. The van der Waals surface area contributed by atoms with Crippen LogP contribution >= 0.6 is 11.3 Å². The molecule has 4 aromatic rings. The number of carbonyl (C=O) groups is 1. The minimum absolute atomic E-state index is 0.0842. The summed E-state index contributed by atoms with van der Waals surface area (Å²) in [5.74, 6) is -0.380. The van der Waals surface area contributed by atoms with Gasteiger partial charge in [0.15, 0.2) is 0 Å². The molecule has 2 aromatic heterocycles. The topological polar surface area (TPSA) is 38.1 Å². The van der Waals surface area contributed by atoms with E-state index in [0.717, 1.165) is 21.3 Å². The minimum Gasteiger partial charge on any atom is -0.337 e. The molecule has 4 rings (SSSR count). The smallest absolute Gasteiger partial charge is 0.264 e.